The standard InChI is InChI=1S/C17H18ClN3O/c18-14-3-1-2-12(10-14)8-9-19-15-6-7-16(20-11-15)21-17(22)13-4-5-13/h1-3,6-7,10-11,13,19H,4-5,8-9H2,(H,20,21,22). The molecule has 0 spiro atoms. The van der Waals surface area contributed by atoms with E-state index in [-0.39, 0.29) is 11.8 Å². The zero-order valence-corrected chi connectivity index (χ0v) is 12.9. The minimum atomic E-state index is 0.0779. The Morgan fingerprint density at radius 2 is 2.14 bits per heavy atom. The summed E-state index contributed by atoms with van der Waals surface area (Å²) in [6.07, 6.45) is 4.62. The van der Waals surface area contributed by atoms with Gasteiger partial charge in [0.05, 0.1) is 11.9 Å². The fraction of sp³-hybridized carbons (Fsp3) is 0.294. The zero-order valence-electron chi connectivity index (χ0n) is 12.2. The predicted molar refractivity (Wildman–Crippen MR) is 89.2 cm³/mol. The Bertz CT molecular complexity index is 653. The lowest BCUT2D eigenvalue weighted by Gasteiger charge is -2.08. The number of nitrogens with zero attached hydrogens (tertiary/aromatic N) is 1. The second-order valence-corrected chi connectivity index (χ2v) is 5.94. The van der Waals surface area contributed by atoms with Crippen molar-refractivity contribution in [1.29, 1.82) is 0 Å². The third kappa shape index (κ3) is 4.21. The summed E-state index contributed by atoms with van der Waals surface area (Å²) in [5, 5.41) is 6.90. The zero-order chi connectivity index (χ0) is 15.4. The third-order valence-corrected chi connectivity index (χ3v) is 3.83. The molecule has 0 atom stereocenters. The summed E-state index contributed by atoms with van der Waals surface area (Å²) < 4.78 is 0. The van der Waals surface area contributed by atoms with Gasteiger partial charge >= 0.3 is 0 Å². The third-order valence-electron chi connectivity index (χ3n) is 3.59. The van der Waals surface area contributed by atoms with Crippen LogP contribution < -0.4 is 10.6 Å². The van der Waals surface area contributed by atoms with Crippen LogP contribution in [0.3, 0.4) is 0 Å². The van der Waals surface area contributed by atoms with Crippen LogP contribution in [0.5, 0.6) is 0 Å². The van der Waals surface area contributed by atoms with Crippen LogP contribution in [0.15, 0.2) is 42.6 Å². The molecule has 0 saturated heterocycles. The van der Waals surface area contributed by atoms with Crippen LogP contribution in [0.1, 0.15) is 18.4 Å². The highest BCUT2D eigenvalue weighted by molar-refractivity contribution is 6.30. The summed E-state index contributed by atoms with van der Waals surface area (Å²) in [6, 6.07) is 11.6. The molecule has 5 heteroatoms. The van der Waals surface area contributed by atoms with Gasteiger partial charge in [-0.2, -0.15) is 0 Å². The first kappa shape index (κ1) is 14.9. The Morgan fingerprint density at radius 1 is 1.27 bits per heavy atom. The van der Waals surface area contributed by atoms with Gasteiger partial charge in [0.15, 0.2) is 0 Å². The molecule has 0 radical (unpaired) electrons. The van der Waals surface area contributed by atoms with Crippen molar-refractivity contribution >= 4 is 29.0 Å². The van der Waals surface area contributed by atoms with Crippen LogP contribution in [0, 0.1) is 5.92 Å². The molecule has 1 fully saturated rings. The molecule has 0 bridgehead atoms. The molecule has 3 rings (SSSR count). The number of carbonyl (C=O) groups excluding carboxylic acids is 1. The van der Waals surface area contributed by atoms with Crippen molar-refractivity contribution in [3.05, 3.63) is 53.2 Å². The van der Waals surface area contributed by atoms with E-state index in [1.165, 1.54) is 5.56 Å². The second-order valence-electron chi connectivity index (χ2n) is 5.50. The van der Waals surface area contributed by atoms with E-state index >= 15 is 0 Å². The predicted octanol–water partition coefficient (Wildman–Crippen LogP) is 3.74. The van der Waals surface area contributed by atoms with Gasteiger partial charge in [-0.25, -0.2) is 4.98 Å². The van der Waals surface area contributed by atoms with Gasteiger partial charge in [-0.15, -0.1) is 0 Å². The van der Waals surface area contributed by atoms with Gasteiger partial charge in [0.1, 0.15) is 5.82 Å². The van der Waals surface area contributed by atoms with E-state index in [0.717, 1.165) is 36.5 Å². The molecule has 1 amide bonds. The first-order chi connectivity index (χ1) is 10.7. The number of carbonyl (C=O) groups is 1. The molecule has 1 aromatic carbocycles. The summed E-state index contributed by atoms with van der Waals surface area (Å²) >= 11 is 5.96. The van der Waals surface area contributed by atoms with E-state index in [9.17, 15) is 4.79 Å². The topological polar surface area (TPSA) is 54.0 Å². The van der Waals surface area contributed by atoms with Gasteiger partial charge in [0, 0.05) is 17.5 Å². The Hall–Kier alpha value is -2.07. The molecule has 22 heavy (non-hydrogen) atoms. The molecule has 1 aliphatic rings. The van der Waals surface area contributed by atoms with E-state index in [1.807, 2.05) is 30.3 Å². The lowest BCUT2D eigenvalue weighted by Crippen LogP contribution is -2.14. The summed E-state index contributed by atoms with van der Waals surface area (Å²) in [5.41, 5.74) is 2.13. The largest absolute Gasteiger partial charge is 0.383 e. The van der Waals surface area contributed by atoms with Crippen LogP contribution >= 0.6 is 11.6 Å². The molecular weight excluding hydrogens is 298 g/mol. The number of aromatic nitrogens is 1. The number of nitrogens with one attached hydrogen (secondary N) is 2. The SMILES string of the molecule is O=C(Nc1ccc(NCCc2cccc(Cl)c2)cn1)C1CC1. The van der Waals surface area contributed by atoms with E-state index in [2.05, 4.69) is 21.7 Å². The van der Waals surface area contributed by atoms with Crippen LogP contribution in [0.4, 0.5) is 11.5 Å². The average molecular weight is 316 g/mol. The van der Waals surface area contributed by atoms with Crippen LogP contribution in [-0.2, 0) is 11.2 Å². The van der Waals surface area contributed by atoms with Crippen LogP contribution in [0.25, 0.3) is 0 Å². The van der Waals surface area contributed by atoms with Gasteiger partial charge in [0.25, 0.3) is 0 Å². The van der Waals surface area contributed by atoms with E-state index in [4.69, 9.17) is 11.6 Å². The molecule has 0 aliphatic heterocycles. The van der Waals surface area contributed by atoms with Gasteiger partial charge < -0.3 is 10.6 Å². The number of rotatable bonds is 6. The highest BCUT2D eigenvalue weighted by Crippen LogP contribution is 2.29. The van der Waals surface area contributed by atoms with Crippen molar-refractivity contribution in [3.8, 4) is 0 Å². The molecule has 0 unspecified atom stereocenters. The fourth-order valence-corrected chi connectivity index (χ4v) is 2.40. The lowest BCUT2D eigenvalue weighted by atomic mass is 10.1. The monoisotopic (exact) mass is 315 g/mol. The Morgan fingerprint density at radius 3 is 2.82 bits per heavy atom. The molecule has 4 nitrogen and oxygen atoms in total. The molecule has 114 valence electrons. The highest BCUT2D eigenvalue weighted by Gasteiger charge is 2.29. The Labute approximate surface area is 134 Å². The summed E-state index contributed by atoms with van der Waals surface area (Å²) in [4.78, 5) is 15.9. The molecule has 1 saturated carbocycles. The first-order valence-electron chi connectivity index (χ1n) is 7.46. The normalized spacial score (nSPS) is 13.7. The summed E-state index contributed by atoms with van der Waals surface area (Å²) in [6.45, 7) is 0.801. The number of halogens is 1. The first-order valence-corrected chi connectivity index (χ1v) is 7.84. The molecule has 1 aliphatic carbocycles. The van der Waals surface area contributed by atoms with Crippen molar-refractivity contribution < 1.29 is 4.79 Å². The number of pyridine rings is 1. The maximum atomic E-state index is 11.6. The summed E-state index contributed by atoms with van der Waals surface area (Å²) in [7, 11) is 0. The maximum Gasteiger partial charge on any atom is 0.228 e. The van der Waals surface area contributed by atoms with E-state index < -0.39 is 0 Å². The van der Waals surface area contributed by atoms with Gasteiger partial charge in [-0.3, -0.25) is 4.79 Å². The lowest BCUT2D eigenvalue weighted by molar-refractivity contribution is -0.117. The number of hydrogen-bond donors (Lipinski definition) is 2. The minimum absolute atomic E-state index is 0.0779. The number of benzene rings is 1. The molecule has 2 N–H and O–H groups in total. The molecular formula is C17H18ClN3O. The van der Waals surface area contributed by atoms with Crippen molar-refractivity contribution in [2.24, 2.45) is 5.92 Å². The number of amides is 1. The van der Waals surface area contributed by atoms with Gasteiger partial charge in [-0.1, -0.05) is 23.7 Å². The Balaban J connectivity index is 1.47. The average Bonchev–Trinajstić information content (AvgIpc) is 3.34. The molecule has 1 heterocycles. The minimum Gasteiger partial charge on any atom is -0.383 e. The number of hydrogen-bond acceptors (Lipinski definition) is 3. The smallest absolute Gasteiger partial charge is 0.228 e. The van der Waals surface area contributed by atoms with Crippen molar-refractivity contribution in [1.82, 2.24) is 4.98 Å². The van der Waals surface area contributed by atoms with Crippen molar-refractivity contribution in [3.63, 3.8) is 0 Å². The number of anilines is 2. The molecule has 1 aromatic heterocycles. The van der Waals surface area contributed by atoms with Crippen LogP contribution in [-0.4, -0.2) is 17.4 Å². The van der Waals surface area contributed by atoms with Crippen molar-refractivity contribution in [2.45, 2.75) is 19.3 Å². The highest BCUT2D eigenvalue weighted by atomic mass is 35.5. The van der Waals surface area contributed by atoms with E-state index in [1.54, 1.807) is 6.20 Å². The quantitative estimate of drug-likeness (QED) is 0.854. The molecule has 2 aromatic rings. The van der Waals surface area contributed by atoms with Crippen LogP contribution in [0.2, 0.25) is 5.02 Å². The fourth-order valence-electron chi connectivity index (χ4n) is 2.19. The summed E-state index contributed by atoms with van der Waals surface area (Å²) in [5.74, 6) is 0.878. The van der Waals surface area contributed by atoms with Gasteiger partial charge in [0.2, 0.25) is 5.91 Å². The van der Waals surface area contributed by atoms with E-state index in [0.29, 0.717) is 5.82 Å². The van der Waals surface area contributed by atoms with Crippen molar-refractivity contribution in [2.75, 3.05) is 17.2 Å². The van der Waals surface area contributed by atoms with Gasteiger partial charge in [-0.05, 0) is 49.1 Å². The maximum absolute atomic E-state index is 11.6. The Kier molecular flexibility index (Phi) is 4.59. The second kappa shape index (κ2) is 6.79.